The van der Waals surface area contributed by atoms with Gasteiger partial charge in [-0.1, -0.05) is 0 Å². The Morgan fingerprint density at radius 3 is 2.90 bits per heavy atom. The van der Waals surface area contributed by atoms with E-state index in [4.69, 9.17) is 5.73 Å². The van der Waals surface area contributed by atoms with Gasteiger partial charge in [-0.25, -0.2) is 13.1 Å². The normalized spacial score (nSPS) is 21.0. The van der Waals surface area contributed by atoms with E-state index in [1.165, 1.54) is 6.07 Å². The average Bonchev–Trinajstić information content (AvgIpc) is 2.40. The predicted octanol–water partition coefficient (Wildman–Crippen LogP) is 1.65. The highest BCUT2D eigenvalue weighted by atomic mass is 79.9. The Balaban J connectivity index is 2.01. The smallest absolute Gasteiger partial charge is 0.240 e. The molecule has 0 radical (unpaired) electrons. The van der Waals surface area contributed by atoms with Gasteiger partial charge in [-0.05, 0) is 66.5 Å². The predicted molar refractivity (Wildman–Crippen MR) is 84.0 cm³/mol. The lowest BCUT2D eigenvalue weighted by Crippen LogP contribution is -2.39. The molecule has 1 unspecified atom stereocenters. The second-order valence-corrected chi connectivity index (χ2v) is 7.93. The van der Waals surface area contributed by atoms with E-state index in [2.05, 4.69) is 32.6 Å². The molecule has 1 aromatic rings. The van der Waals surface area contributed by atoms with E-state index in [0.29, 0.717) is 22.6 Å². The molecule has 1 aromatic carbocycles. The number of likely N-dealkylation sites (tertiary alicyclic amines) is 1. The number of anilines is 1. The van der Waals surface area contributed by atoms with Crippen LogP contribution in [0.3, 0.4) is 0 Å². The van der Waals surface area contributed by atoms with Crippen LogP contribution in [0.1, 0.15) is 12.8 Å². The van der Waals surface area contributed by atoms with Crippen LogP contribution in [0.5, 0.6) is 0 Å². The molecule has 1 fully saturated rings. The van der Waals surface area contributed by atoms with Crippen molar-refractivity contribution in [1.82, 2.24) is 9.62 Å². The minimum atomic E-state index is -3.49. The van der Waals surface area contributed by atoms with Crippen LogP contribution in [0.15, 0.2) is 27.6 Å². The Kier molecular flexibility index (Phi) is 5.06. The monoisotopic (exact) mass is 361 g/mol. The Morgan fingerprint density at radius 2 is 2.25 bits per heavy atom. The van der Waals surface area contributed by atoms with Crippen molar-refractivity contribution in [2.75, 3.05) is 32.4 Å². The van der Waals surface area contributed by atoms with Gasteiger partial charge in [0.15, 0.2) is 0 Å². The largest absolute Gasteiger partial charge is 0.398 e. The summed E-state index contributed by atoms with van der Waals surface area (Å²) >= 11 is 3.26. The molecule has 0 saturated carbocycles. The lowest BCUT2D eigenvalue weighted by atomic mass is 9.99. The number of rotatable bonds is 4. The molecule has 7 heteroatoms. The van der Waals surface area contributed by atoms with E-state index in [1.807, 2.05) is 0 Å². The van der Waals surface area contributed by atoms with E-state index >= 15 is 0 Å². The summed E-state index contributed by atoms with van der Waals surface area (Å²) in [5, 5.41) is 0. The summed E-state index contributed by atoms with van der Waals surface area (Å²) in [7, 11) is -1.42. The molecule has 0 aliphatic carbocycles. The molecule has 1 aliphatic rings. The third kappa shape index (κ3) is 3.94. The van der Waals surface area contributed by atoms with E-state index in [-0.39, 0.29) is 4.90 Å². The summed E-state index contributed by atoms with van der Waals surface area (Å²) in [6.07, 6.45) is 2.18. The van der Waals surface area contributed by atoms with Crippen LogP contribution < -0.4 is 10.5 Å². The molecule has 2 rings (SSSR count). The van der Waals surface area contributed by atoms with Gasteiger partial charge in [0.1, 0.15) is 0 Å². The second-order valence-electron chi connectivity index (χ2n) is 5.31. The average molecular weight is 362 g/mol. The number of nitrogens with one attached hydrogen (secondary N) is 1. The first kappa shape index (κ1) is 15.8. The molecule has 112 valence electrons. The fourth-order valence-electron chi connectivity index (χ4n) is 2.44. The maximum Gasteiger partial charge on any atom is 0.240 e. The van der Waals surface area contributed by atoms with Crippen LogP contribution in [-0.2, 0) is 10.0 Å². The molecule has 1 atom stereocenters. The summed E-state index contributed by atoms with van der Waals surface area (Å²) in [6, 6.07) is 4.67. The van der Waals surface area contributed by atoms with Crippen LogP contribution in [0.4, 0.5) is 5.69 Å². The van der Waals surface area contributed by atoms with E-state index in [0.717, 1.165) is 25.9 Å². The highest BCUT2D eigenvalue weighted by Gasteiger charge is 2.21. The molecule has 0 aromatic heterocycles. The van der Waals surface area contributed by atoms with Crippen LogP contribution in [0.2, 0.25) is 0 Å². The highest BCUT2D eigenvalue weighted by molar-refractivity contribution is 9.10. The number of hydrogen-bond acceptors (Lipinski definition) is 4. The molecule has 0 bridgehead atoms. The van der Waals surface area contributed by atoms with Crippen molar-refractivity contribution in [3.63, 3.8) is 0 Å². The zero-order chi connectivity index (χ0) is 14.8. The van der Waals surface area contributed by atoms with Crippen molar-refractivity contribution in [3.8, 4) is 0 Å². The maximum atomic E-state index is 12.2. The van der Waals surface area contributed by atoms with Crippen LogP contribution in [0.25, 0.3) is 0 Å². The quantitative estimate of drug-likeness (QED) is 0.799. The fraction of sp³-hybridized carbons (Fsp3) is 0.538. The number of sulfonamides is 1. The lowest BCUT2D eigenvalue weighted by Gasteiger charge is -2.29. The van der Waals surface area contributed by atoms with Crippen molar-refractivity contribution in [2.45, 2.75) is 17.7 Å². The van der Waals surface area contributed by atoms with E-state index < -0.39 is 10.0 Å². The van der Waals surface area contributed by atoms with Gasteiger partial charge in [-0.15, -0.1) is 0 Å². The zero-order valence-corrected chi connectivity index (χ0v) is 13.9. The molecule has 1 saturated heterocycles. The third-order valence-corrected chi connectivity index (χ3v) is 5.71. The number of nitrogens with two attached hydrogens (primary N) is 1. The Hall–Kier alpha value is -0.630. The van der Waals surface area contributed by atoms with Gasteiger partial charge in [0.25, 0.3) is 0 Å². The molecule has 0 amide bonds. The van der Waals surface area contributed by atoms with Crippen molar-refractivity contribution in [3.05, 3.63) is 22.7 Å². The van der Waals surface area contributed by atoms with Crippen LogP contribution in [0, 0.1) is 5.92 Å². The van der Waals surface area contributed by atoms with E-state index in [1.54, 1.807) is 12.1 Å². The van der Waals surface area contributed by atoms with Crippen molar-refractivity contribution in [2.24, 2.45) is 5.92 Å². The first-order chi connectivity index (χ1) is 9.38. The molecule has 1 heterocycles. The van der Waals surface area contributed by atoms with Crippen molar-refractivity contribution in [1.29, 1.82) is 0 Å². The molecular formula is C13H20BrN3O2S. The van der Waals surface area contributed by atoms with Crippen LogP contribution >= 0.6 is 15.9 Å². The molecule has 0 spiro atoms. The second kappa shape index (κ2) is 6.43. The molecule has 20 heavy (non-hydrogen) atoms. The zero-order valence-electron chi connectivity index (χ0n) is 11.5. The van der Waals surface area contributed by atoms with Crippen molar-refractivity contribution < 1.29 is 8.42 Å². The Labute approximate surface area is 128 Å². The minimum absolute atomic E-state index is 0.211. The molecule has 3 N–H and O–H groups in total. The van der Waals surface area contributed by atoms with Gasteiger partial charge in [0, 0.05) is 23.2 Å². The van der Waals surface area contributed by atoms with Gasteiger partial charge in [0.05, 0.1) is 4.90 Å². The number of hydrogen-bond donors (Lipinski definition) is 2. The number of piperidine rings is 1. The van der Waals surface area contributed by atoms with Gasteiger partial charge >= 0.3 is 0 Å². The Morgan fingerprint density at radius 1 is 1.50 bits per heavy atom. The maximum absolute atomic E-state index is 12.2. The van der Waals surface area contributed by atoms with E-state index in [9.17, 15) is 8.42 Å². The highest BCUT2D eigenvalue weighted by Crippen LogP contribution is 2.23. The van der Waals surface area contributed by atoms with Gasteiger partial charge in [0.2, 0.25) is 10.0 Å². The van der Waals surface area contributed by atoms with Crippen LogP contribution in [-0.4, -0.2) is 40.0 Å². The Bertz CT molecular complexity index is 577. The van der Waals surface area contributed by atoms with Gasteiger partial charge in [-0.2, -0.15) is 0 Å². The third-order valence-electron chi connectivity index (χ3n) is 3.56. The fourth-order valence-corrected chi connectivity index (χ4v) is 3.84. The molecular weight excluding hydrogens is 342 g/mol. The molecule has 1 aliphatic heterocycles. The lowest BCUT2D eigenvalue weighted by molar-refractivity contribution is 0.211. The summed E-state index contributed by atoms with van der Waals surface area (Å²) in [6.45, 7) is 2.50. The number of nitrogen functional groups attached to an aromatic ring is 1. The summed E-state index contributed by atoms with van der Waals surface area (Å²) in [5.74, 6) is 0.372. The first-order valence-electron chi connectivity index (χ1n) is 6.62. The minimum Gasteiger partial charge on any atom is -0.398 e. The number of halogens is 1. The summed E-state index contributed by atoms with van der Waals surface area (Å²) in [4.78, 5) is 2.45. The number of benzene rings is 1. The van der Waals surface area contributed by atoms with Crippen molar-refractivity contribution >= 4 is 31.6 Å². The summed E-state index contributed by atoms with van der Waals surface area (Å²) < 4.78 is 27.8. The van der Waals surface area contributed by atoms with Gasteiger partial charge in [-0.3, -0.25) is 0 Å². The summed E-state index contributed by atoms with van der Waals surface area (Å²) in [5.41, 5.74) is 6.15. The first-order valence-corrected chi connectivity index (χ1v) is 8.89. The SMILES string of the molecule is CN1CCCC(CNS(=O)(=O)c2ccc(Br)c(N)c2)C1. The molecule has 5 nitrogen and oxygen atoms in total. The standard InChI is InChI=1S/C13H20BrN3O2S/c1-17-6-2-3-10(9-17)8-16-20(18,19)11-4-5-12(14)13(15)7-11/h4-5,7,10,16H,2-3,6,8-9,15H2,1H3. The number of nitrogens with zero attached hydrogens (tertiary/aromatic N) is 1. The topological polar surface area (TPSA) is 75.4 Å². The van der Waals surface area contributed by atoms with Gasteiger partial charge < -0.3 is 10.6 Å².